The van der Waals surface area contributed by atoms with Gasteiger partial charge in [-0.05, 0) is 48.4 Å². The zero-order valence-corrected chi connectivity index (χ0v) is 15.4. The first-order valence-electron chi connectivity index (χ1n) is 8.23. The summed E-state index contributed by atoms with van der Waals surface area (Å²) in [7, 11) is 1.82. The highest BCUT2D eigenvalue weighted by molar-refractivity contribution is 7.99. The van der Waals surface area contributed by atoms with Crippen LogP contribution in [0.2, 0.25) is 0 Å². The third-order valence-electron chi connectivity index (χ3n) is 3.92. The monoisotopic (exact) mass is 370 g/mol. The Hall–Kier alpha value is -2.67. The molecule has 0 spiro atoms. The number of amides is 1. The van der Waals surface area contributed by atoms with Gasteiger partial charge in [-0.25, -0.2) is 4.39 Å². The Kier molecular flexibility index (Phi) is 5.68. The highest BCUT2D eigenvalue weighted by atomic mass is 32.2. The quantitative estimate of drug-likeness (QED) is 0.668. The Morgan fingerprint density at radius 2 is 1.81 bits per heavy atom. The van der Waals surface area contributed by atoms with Crippen molar-refractivity contribution in [2.45, 2.75) is 18.5 Å². The van der Waals surface area contributed by atoms with Crippen molar-refractivity contribution < 1.29 is 9.18 Å². The van der Waals surface area contributed by atoms with Gasteiger partial charge in [0.05, 0.1) is 5.75 Å². The fourth-order valence-electron chi connectivity index (χ4n) is 2.44. The van der Waals surface area contributed by atoms with E-state index in [0.717, 1.165) is 17.7 Å². The first kappa shape index (κ1) is 18.1. The molecule has 0 bridgehead atoms. The Labute approximate surface area is 155 Å². The van der Waals surface area contributed by atoms with Crippen LogP contribution in [0, 0.1) is 5.82 Å². The maximum Gasteiger partial charge on any atom is 0.234 e. The second-order valence-corrected chi connectivity index (χ2v) is 6.70. The maximum absolute atomic E-state index is 13.0. The van der Waals surface area contributed by atoms with Crippen LogP contribution in [0.3, 0.4) is 0 Å². The number of carbonyl (C=O) groups excluding carboxylic acids is 1. The Bertz CT molecular complexity index is 891. The summed E-state index contributed by atoms with van der Waals surface area (Å²) >= 11 is 1.30. The molecule has 3 rings (SSSR count). The topological polar surface area (TPSA) is 59.8 Å². The van der Waals surface area contributed by atoms with Crippen molar-refractivity contribution in [3.8, 4) is 11.4 Å². The highest BCUT2D eigenvalue weighted by Crippen LogP contribution is 2.23. The molecular formula is C19H19FN4OS. The Morgan fingerprint density at radius 3 is 2.46 bits per heavy atom. The summed E-state index contributed by atoms with van der Waals surface area (Å²) in [6.07, 6.45) is 0.965. The van der Waals surface area contributed by atoms with E-state index in [1.165, 1.54) is 29.5 Å². The van der Waals surface area contributed by atoms with Gasteiger partial charge in [0.15, 0.2) is 11.0 Å². The number of aromatic nitrogens is 3. The summed E-state index contributed by atoms with van der Waals surface area (Å²) in [4.78, 5) is 12.1. The van der Waals surface area contributed by atoms with Crippen LogP contribution in [0.15, 0.2) is 53.7 Å². The zero-order valence-electron chi connectivity index (χ0n) is 14.6. The Morgan fingerprint density at radius 1 is 1.12 bits per heavy atom. The Balaban J connectivity index is 1.60. The number of rotatable bonds is 6. The molecule has 0 fully saturated rings. The van der Waals surface area contributed by atoms with E-state index in [4.69, 9.17) is 0 Å². The van der Waals surface area contributed by atoms with E-state index in [9.17, 15) is 9.18 Å². The standard InChI is InChI=1S/C19H19FN4OS/c1-3-13-4-10-16(11-5-13)21-17(25)12-26-19-23-22-18(24(19)2)14-6-8-15(20)9-7-14/h4-11H,3,12H2,1-2H3,(H,21,25). The number of halogens is 1. The van der Waals surface area contributed by atoms with E-state index < -0.39 is 0 Å². The molecule has 0 atom stereocenters. The number of anilines is 1. The summed E-state index contributed by atoms with van der Waals surface area (Å²) in [5.74, 6) is 0.452. The van der Waals surface area contributed by atoms with Crippen molar-refractivity contribution in [2.24, 2.45) is 7.05 Å². The molecule has 26 heavy (non-hydrogen) atoms. The fraction of sp³-hybridized carbons (Fsp3) is 0.211. The van der Waals surface area contributed by atoms with Crippen LogP contribution >= 0.6 is 11.8 Å². The molecule has 1 amide bonds. The van der Waals surface area contributed by atoms with Crippen LogP contribution in [0.25, 0.3) is 11.4 Å². The van der Waals surface area contributed by atoms with Crippen LogP contribution in [0.4, 0.5) is 10.1 Å². The number of hydrogen-bond donors (Lipinski definition) is 1. The molecule has 0 aliphatic heterocycles. The number of aryl methyl sites for hydroxylation is 1. The van der Waals surface area contributed by atoms with E-state index in [1.807, 2.05) is 31.3 Å². The number of carbonyl (C=O) groups is 1. The third-order valence-corrected chi connectivity index (χ3v) is 4.94. The van der Waals surface area contributed by atoms with Gasteiger partial charge in [0.1, 0.15) is 5.82 Å². The average molecular weight is 370 g/mol. The highest BCUT2D eigenvalue weighted by Gasteiger charge is 2.13. The minimum Gasteiger partial charge on any atom is -0.325 e. The smallest absolute Gasteiger partial charge is 0.234 e. The molecule has 0 aliphatic carbocycles. The van der Waals surface area contributed by atoms with Crippen molar-refractivity contribution in [1.82, 2.24) is 14.8 Å². The number of hydrogen-bond acceptors (Lipinski definition) is 4. The predicted octanol–water partition coefficient (Wildman–Crippen LogP) is 3.91. The largest absolute Gasteiger partial charge is 0.325 e. The first-order valence-corrected chi connectivity index (χ1v) is 9.22. The lowest BCUT2D eigenvalue weighted by Crippen LogP contribution is -2.14. The van der Waals surface area contributed by atoms with Crippen LogP contribution in [-0.2, 0) is 18.3 Å². The van der Waals surface area contributed by atoms with E-state index in [-0.39, 0.29) is 17.5 Å². The van der Waals surface area contributed by atoms with Gasteiger partial charge in [-0.2, -0.15) is 0 Å². The lowest BCUT2D eigenvalue weighted by molar-refractivity contribution is -0.113. The molecule has 134 valence electrons. The second kappa shape index (κ2) is 8.14. The SMILES string of the molecule is CCc1ccc(NC(=O)CSc2nnc(-c3ccc(F)cc3)n2C)cc1. The third kappa shape index (κ3) is 4.29. The summed E-state index contributed by atoms with van der Waals surface area (Å²) in [6.45, 7) is 2.09. The molecule has 0 saturated heterocycles. The number of thioether (sulfide) groups is 1. The average Bonchev–Trinajstić information content (AvgIpc) is 3.02. The summed E-state index contributed by atoms with van der Waals surface area (Å²) in [6, 6.07) is 13.9. The van der Waals surface area contributed by atoms with Crippen molar-refractivity contribution >= 4 is 23.4 Å². The van der Waals surface area contributed by atoms with Crippen LogP contribution in [-0.4, -0.2) is 26.4 Å². The zero-order chi connectivity index (χ0) is 18.5. The fourth-order valence-corrected chi connectivity index (χ4v) is 3.15. The maximum atomic E-state index is 13.0. The van der Waals surface area contributed by atoms with Gasteiger partial charge in [0, 0.05) is 18.3 Å². The molecule has 0 aliphatic rings. The molecule has 1 N–H and O–H groups in total. The predicted molar refractivity (Wildman–Crippen MR) is 102 cm³/mol. The van der Waals surface area contributed by atoms with Crippen molar-refractivity contribution in [1.29, 1.82) is 0 Å². The molecule has 3 aromatic rings. The molecule has 0 radical (unpaired) electrons. The second-order valence-electron chi connectivity index (χ2n) is 5.76. The van der Waals surface area contributed by atoms with Gasteiger partial charge >= 0.3 is 0 Å². The van der Waals surface area contributed by atoms with Crippen molar-refractivity contribution in [3.05, 3.63) is 59.9 Å². The van der Waals surface area contributed by atoms with Gasteiger partial charge in [0.25, 0.3) is 0 Å². The lowest BCUT2D eigenvalue weighted by Gasteiger charge is -2.06. The van der Waals surface area contributed by atoms with Gasteiger partial charge in [-0.15, -0.1) is 10.2 Å². The number of nitrogens with zero attached hydrogens (tertiary/aromatic N) is 3. The molecule has 1 aromatic heterocycles. The molecule has 7 heteroatoms. The normalized spacial score (nSPS) is 10.7. The van der Waals surface area contributed by atoms with Crippen LogP contribution in [0.1, 0.15) is 12.5 Å². The van der Waals surface area contributed by atoms with Crippen LogP contribution < -0.4 is 5.32 Å². The lowest BCUT2D eigenvalue weighted by atomic mass is 10.1. The molecule has 1 heterocycles. The molecule has 0 unspecified atom stereocenters. The van der Waals surface area contributed by atoms with Crippen molar-refractivity contribution in [2.75, 3.05) is 11.1 Å². The summed E-state index contributed by atoms with van der Waals surface area (Å²) in [5, 5.41) is 11.7. The molecule has 0 saturated carbocycles. The minimum absolute atomic E-state index is 0.106. The van der Waals surface area contributed by atoms with E-state index in [1.54, 1.807) is 16.7 Å². The molecule has 2 aromatic carbocycles. The van der Waals surface area contributed by atoms with E-state index in [0.29, 0.717) is 11.0 Å². The van der Waals surface area contributed by atoms with E-state index >= 15 is 0 Å². The van der Waals surface area contributed by atoms with Crippen molar-refractivity contribution in [3.63, 3.8) is 0 Å². The van der Waals surface area contributed by atoms with Crippen LogP contribution in [0.5, 0.6) is 0 Å². The molecular weight excluding hydrogens is 351 g/mol. The summed E-state index contributed by atoms with van der Waals surface area (Å²) < 4.78 is 14.8. The van der Waals surface area contributed by atoms with Gasteiger partial charge in [-0.1, -0.05) is 30.8 Å². The molecule has 5 nitrogen and oxygen atoms in total. The number of benzene rings is 2. The summed E-state index contributed by atoms with van der Waals surface area (Å²) in [5.41, 5.74) is 2.77. The van der Waals surface area contributed by atoms with Gasteiger partial charge in [-0.3, -0.25) is 4.79 Å². The minimum atomic E-state index is -0.297. The van der Waals surface area contributed by atoms with Gasteiger partial charge < -0.3 is 9.88 Å². The van der Waals surface area contributed by atoms with E-state index in [2.05, 4.69) is 22.4 Å². The number of nitrogens with one attached hydrogen (secondary N) is 1. The van der Waals surface area contributed by atoms with Gasteiger partial charge in [0.2, 0.25) is 5.91 Å². The first-order chi connectivity index (χ1) is 12.6.